The Morgan fingerprint density at radius 3 is 2.63 bits per heavy atom. The molecule has 1 aromatic rings. The largest absolute Gasteiger partial charge is 0.375 e. The maximum atomic E-state index is 11.8. The molecule has 0 heterocycles. The summed E-state index contributed by atoms with van der Waals surface area (Å²) < 4.78 is 0. The normalized spacial score (nSPS) is 12.6. The molecule has 0 saturated carbocycles. The van der Waals surface area contributed by atoms with E-state index in [1.165, 1.54) is 0 Å². The summed E-state index contributed by atoms with van der Waals surface area (Å²) in [5.41, 5.74) is 9.37. The summed E-state index contributed by atoms with van der Waals surface area (Å²) in [6.45, 7) is 3.67. The number of hydrogen-bond acceptors (Lipinski definition) is 3. The lowest BCUT2D eigenvalue weighted by molar-refractivity contribution is -0.120. The fraction of sp³-hybridized carbons (Fsp3) is 0.308. The van der Waals surface area contributed by atoms with Crippen LogP contribution in [0.5, 0.6) is 0 Å². The van der Waals surface area contributed by atoms with E-state index in [1.807, 2.05) is 37.3 Å². The lowest BCUT2D eigenvalue weighted by Gasteiger charge is -2.14. The fourth-order valence-corrected chi connectivity index (χ4v) is 1.59. The van der Waals surface area contributed by atoms with Gasteiger partial charge in [-0.25, -0.2) is 0 Å². The van der Waals surface area contributed by atoms with Crippen molar-refractivity contribution in [2.24, 2.45) is 10.8 Å². The molecule has 0 fully saturated rings. The predicted molar refractivity (Wildman–Crippen MR) is 80.6 cm³/mol. The summed E-state index contributed by atoms with van der Waals surface area (Å²) in [7, 11) is 0. The van der Waals surface area contributed by atoms with E-state index < -0.39 is 0 Å². The Morgan fingerprint density at radius 1 is 1.42 bits per heavy atom. The van der Waals surface area contributed by atoms with Crippen LogP contribution in [0.15, 0.2) is 35.4 Å². The number of carbonyl (C=O) groups excluding carboxylic acids is 1. The highest BCUT2D eigenvalue weighted by Crippen LogP contribution is 2.11. The molecule has 19 heavy (non-hydrogen) atoms. The maximum Gasteiger partial charge on any atom is 0.226 e. The van der Waals surface area contributed by atoms with Crippen LogP contribution in [0.4, 0.5) is 0 Å². The molecular formula is C13H18N4OS. The molecule has 1 aromatic carbocycles. The van der Waals surface area contributed by atoms with Crippen molar-refractivity contribution in [3.05, 3.63) is 35.9 Å². The van der Waals surface area contributed by atoms with E-state index >= 15 is 0 Å². The predicted octanol–water partition coefficient (Wildman–Crippen LogP) is 1.46. The van der Waals surface area contributed by atoms with Crippen LogP contribution in [0.25, 0.3) is 0 Å². The molecule has 1 amide bonds. The Morgan fingerprint density at radius 2 is 2.05 bits per heavy atom. The quantitative estimate of drug-likeness (QED) is 0.433. The monoisotopic (exact) mass is 278 g/mol. The van der Waals surface area contributed by atoms with Crippen molar-refractivity contribution in [1.29, 1.82) is 0 Å². The van der Waals surface area contributed by atoms with Gasteiger partial charge in [-0.05, 0) is 31.6 Å². The Bertz CT molecular complexity index is 473. The Hall–Kier alpha value is -1.95. The standard InChI is InChI=1S/C13H18N4OS/c1-9(16-17-13(14)19)8-12(18)15-10(2)11-6-4-3-5-7-11/h3-7,10H,8H2,1-2H3,(H,15,18)(H3,14,17,19)/b16-9-/t10-/m1/s1. The third-order valence-electron chi connectivity index (χ3n) is 2.45. The second-order valence-electron chi connectivity index (χ2n) is 4.20. The summed E-state index contributed by atoms with van der Waals surface area (Å²) in [6, 6.07) is 9.73. The number of hydrazone groups is 1. The van der Waals surface area contributed by atoms with Crippen molar-refractivity contribution in [2.45, 2.75) is 26.3 Å². The number of carbonyl (C=O) groups is 1. The van der Waals surface area contributed by atoms with Crippen LogP contribution < -0.4 is 16.5 Å². The Labute approximate surface area is 118 Å². The van der Waals surface area contributed by atoms with Gasteiger partial charge in [0.05, 0.1) is 12.5 Å². The zero-order chi connectivity index (χ0) is 14.3. The van der Waals surface area contributed by atoms with Crippen molar-refractivity contribution in [1.82, 2.24) is 10.7 Å². The number of nitrogens with one attached hydrogen (secondary N) is 2. The number of nitrogens with zero attached hydrogens (tertiary/aromatic N) is 1. The van der Waals surface area contributed by atoms with Gasteiger partial charge < -0.3 is 11.1 Å². The van der Waals surface area contributed by atoms with Crippen molar-refractivity contribution in [3.8, 4) is 0 Å². The molecule has 5 nitrogen and oxygen atoms in total. The van der Waals surface area contributed by atoms with E-state index in [4.69, 9.17) is 5.73 Å². The highest BCUT2D eigenvalue weighted by molar-refractivity contribution is 7.80. The lowest BCUT2D eigenvalue weighted by Crippen LogP contribution is -2.29. The Kier molecular flexibility index (Phi) is 5.95. The van der Waals surface area contributed by atoms with Crippen LogP contribution in [-0.2, 0) is 4.79 Å². The molecule has 0 aliphatic rings. The number of hydrogen-bond donors (Lipinski definition) is 3. The van der Waals surface area contributed by atoms with Gasteiger partial charge in [-0.3, -0.25) is 10.2 Å². The van der Waals surface area contributed by atoms with Gasteiger partial charge in [-0.2, -0.15) is 5.10 Å². The first kappa shape index (κ1) is 15.1. The number of benzene rings is 1. The molecule has 0 unspecified atom stereocenters. The van der Waals surface area contributed by atoms with E-state index in [1.54, 1.807) is 6.92 Å². The van der Waals surface area contributed by atoms with Crippen molar-refractivity contribution in [2.75, 3.05) is 0 Å². The molecule has 1 rings (SSSR count). The highest BCUT2D eigenvalue weighted by Gasteiger charge is 2.09. The molecule has 6 heteroatoms. The van der Waals surface area contributed by atoms with E-state index in [0.29, 0.717) is 5.71 Å². The van der Waals surface area contributed by atoms with Gasteiger partial charge in [-0.15, -0.1) is 0 Å². The first-order chi connectivity index (χ1) is 8.99. The number of amides is 1. The summed E-state index contributed by atoms with van der Waals surface area (Å²) >= 11 is 4.62. The molecule has 4 N–H and O–H groups in total. The third kappa shape index (κ3) is 5.96. The molecule has 0 aliphatic heterocycles. The SMILES string of the molecule is C/C(CC(=O)N[C@H](C)c1ccccc1)=N/NC(N)=S. The molecular weight excluding hydrogens is 260 g/mol. The molecule has 102 valence electrons. The van der Waals surface area contributed by atoms with Crippen molar-refractivity contribution >= 4 is 28.9 Å². The average Bonchev–Trinajstić information content (AvgIpc) is 2.37. The third-order valence-corrected chi connectivity index (χ3v) is 2.54. The maximum absolute atomic E-state index is 11.8. The molecule has 0 aromatic heterocycles. The molecule has 0 saturated heterocycles. The second-order valence-corrected chi connectivity index (χ2v) is 4.64. The van der Waals surface area contributed by atoms with Crippen LogP contribution in [0, 0.1) is 0 Å². The molecule has 0 radical (unpaired) electrons. The van der Waals surface area contributed by atoms with Gasteiger partial charge in [0, 0.05) is 5.71 Å². The van der Waals surface area contributed by atoms with Crippen LogP contribution in [0.2, 0.25) is 0 Å². The zero-order valence-electron chi connectivity index (χ0n) is 11.0. The fourth-order valence-electron chi connectivity index (χ4n) is 1.54. The lowest BCUT2D eigenvalue weighted by atomic mass is 10.1. The topological polar surface area (TPSA) is 79.5 Å². The van der Waals surface area contributed by atoms with Gasteiger partial charge in [0.15, 0.2) is 5.11 Å². The smallest absolute Gasteiger partial charge is 0.226 e. The molecule has 0 bridgehead atoms. The summed E-state index contributed by atoms with van der Waals surface area (Å²) in [5, 5.41) is 6.87. The number of thiocarbonyl (C=S) groups is 1. The van der Waals surface area contributed by atoms with Crippen LogP contribution in [0.1, 0.15) is 31.9 Å². The molecule has 0 aliphatic carbocycles. The summed E-state index contributed by atoms with van der Waals surface area (Å²) in [4.78, 5) is 11.8. The number of rotatable bonds is 5. The Balaban J connectivity index is 2.47. The van der Waals surface area contributed by atoms with E-state index in [9.17, 15) is 4.79 Å². The first-order valence-corrected chi connectivity index (χ1v) is 6.32. The van der Waals surface area contributed by atoms with E-state index in [2.05, 4.69) is 28.1 Å². The average molecular weight is 278 g/mol. The van der Waals surface area contributed by atoms with E-state index in [0.717, 1.165) is 5.56 Å². The van der Waals surface area contributed by atoms with E-state index in [-0.39, 0.29) is 23.5 Å². The van der Waals surface area contributed by atoms with Crippen LogP contribution in [-0.4, -0.2) is 16.7 Å². The molecule has 1 atom stereocenters. The second kappa shape index (κ2) is 7.48. The first-order valence-electron chi connectivity index (χ1n) is 5.92. The van der Waals surface area contributed by atoms with Gasteiger partial charge >= 0.3 is 0 Å². The van der Waals surface area contributed by atoms with Gasteiger partial charge in [0.1, 0.15) is 0 Å². The molecule has 0 spiro atoms. The van der Waals surface area contributed by atoms with Crippen LogP contribution in [0.3, 0.4) is 0 Å². The highest BCUT2D eigenvalue weighted by atomic mass is 32.1. The zero-order valence-corrected chi connectivity index (χ0v) is 11.8. The van der Waals surface area contributed by atoms with Crippen molar-refractivity contribution < 1.29 is 4.79 Å². The van der Waals surface area contributed by atoms with Gasteiger partial charge in [0.25, 0.3) is 0 Å². The van der Waals surface area contributed by atoms with Gasteiger partial charge in [-0.1, -0.05) is 30.3 Å². The minimum Gasteiger partial charge on any atom is -0.375 e. The van der Waals surface area contributed by atoms with Crippen LogP contribution >= 0.6 is 12.2 Å². The van der Waals surface area contributed by atoms with Crippen molar-refractivity contribution in [3.63, 3.8) is 0 Å². The minimum absolute atomic E-state index is 0.0370. The number of nitrogens with two attached hydrogens (primary N) is 1. The van der Waals surface area contributed by atoms with Gasteiger partial charge in [0.2, 0.25) is 5.91 Å². The summed E-state index contributed by atoms with van der Waals surface area (Å²) in [5.74, 6) is -0.0951. The minimum atomic E-state index is -0.0951. The summed E-state index contributed by atoms with van der Waals surface area (Å²) in [6.07, 6.45) is 0.201.